The lowest BCUT2D eigenvalue weighted by Gasteiger charge is -2.36. The van der Waals surface area contributed by atoms with Gasteiger partial charge in [-0.25, -0.2) is 9.59 Å². The minimum Gasteiger partial charge on any atom is -0.494 e. The zero-order valence-electron chi connectivity index (χ0n) is 20.0. The highest BCUT2D eigenvalue weighted by Crippen LogP contribution is 2.29. The van der Waals surface area contributed by atoms with Gasteiger partial charge in [-0.3, -0.25) is 4.90 Å². The van der Waals surface area contributed by atoms with Gasteiger partial charge in [-0.1, -0.05) is 45.6 Å². The standard InChI is InChI=1S/C25H39NO5/c1-18(2)11-9-7-8-10-14-30-21-13-12-19-16-22(23(27)29-6)26(17-20(19)15-21)24(28)31-25(3,4)5/h12-13,15,18,22H,7-11,14,16-17H2,1-6H3/t22-/m0/s1. The van der Waals surface area contributed by atoms with Crippen molar-refractivity contribution in [2.45, 2.75) is 91.3 Å². The Hall–Kier alpha value is -2.24. The number of unbranched alkanes of at least 4 members (excludes halogenated alkanes) is 3. The van der Waals surface area contributed by atoms with Crippen molar-refractivity contribution in [3.8, 4) is 5.75 Å². The average Bonchev–Trinajstić information content (AvgIpc) is 2.69. The summed E-state index contributed by atoms with van der Waals surface area (Å²) < 4.78 is 16.4. The predicted molar refractivity (Wildman–Crippen MR) is 121 cm³/mol. The van der Waals surface area contributed by atoms with Crippen molar-refractivity contribution in [3.05, 3.63) is 29.3 Å². The number of methoxy groups -OCH3 is 1. The molecule has 0 radical (unpaired) electrons. The summed E-state index contributed by atoms with van der Waals surface area (Å²) in [5.41, 5.74) is 1.36. The molecule has 0 saturated heterocycles. The summed E-state index contributed by atoms with van der Waals surface area (Å²) in [6, 6.07) is 5.20. The Morgan fingerprint density at radius 2 is 1.81 bits per heavy atom. The molecular weight excluding hydrogens is 394 g/mol. The predicted octanol–water partition coefficient (Wildman–Crippen LogP) is 5.51. The summed E-state index contributed by atoms with van der Waals surface area (Å²) >= 11 is 0. The molecule has 0 aliphatic carbocycles. The van der Waals surface area contributed by atoms with Crippen molar-refractivity contribution < 1.29 is 23.8 Å². The fraction of sp³-hybridized carbons (Fsp3) is 0.680. The molecule has 31 heavy (non-hydrogen) atoms. The number of carbonyl (C=O) groups excluding carboxylic acids is 2. The summed E-state index contributed by atoms with van der Waals surface area (Å²) in [4.78, 5) is 26.5. The molecule has 6 nitrogen and oxygen atoms in total. The number of hydrogen-bond acceptors (Lipinski definition) is 5. The third-order valence-corrected chi connectivity index (χ3v) is 5.35. The van der Waals surface area contributed by atoms with Crippen LogP contribution >= 0.6 is 0 Å². The molecule has 0 spiro atoms. The first-order valence-corrected chi connectivity index (χ1v) is 11.4. The van der Waals surface area contributed by atoms with Crippen molar-refractivity contribution >= 4 is 12.1 Å². The highest BCUT2D eigenvalue weighted by molar-refractivity contribution is 5.82. The van der Waals surface area contributed by atoms with Gasteiger partial charge in [0.05, 0.1) is 20.3 Å². The Morgan fingerprint density at radius 1 is 1.10 bits per heavy atom. The number of benzene rings is 1. The summed E-state index contributed by atoms with van der Waals surface area (Å²) in [5, 5.41) is 0. The van der Waals surface area contributed by atoms with Gasteiger partial charge in [0.1, 0.15) is 17.4 Å². The topological polar surface area (TPSA) is 65.1 Å². The van der Waals surface area contributed by atoms with Crippen LogP contribution in [-0.2, 0) is 27.2 Å². The molecule has 1 aromatic rings. The third-order valence-electron chi connectivity index (χ3n) is 5.35. The minimum atomic E-state index is -0.690. The van der Waals surface area contributed by atoms with Crippen LogP contribution in [0.25, 0.3) is 0 Å². The lowest BCUT2D eigenvalue weighted by atomic mass is 9.94. The van der Waals surface area contributed by atoms with Gasteiger partial charge in [-0.15, -0.1) is 0 Å². The molecule has 0 bridgehead atoms. The van der Waals surface area contributed by atoms with Gasteiger partial charge in [0.2, 0.25) is 0 Å². The van der Waals surface area contributed by atoms with Gasteiger partial charge in [-0.2, -0.15) is 0 Å². The van der Waals surface area contributed by atoms with Crippen molar-refractivity contribution in [1.82, 2.24) is 4.90 Å². The molecule has 1 heterocycles. The molecule has 6 heteroatoms. The van der Waals surface area contributed by atoms with Crippen LogP contribution in [-0.4, -0.2) is 42.3 Å². The van der Waals surface area contributed by atoms with Crippen molar-refractivity contribution in [2.75, 3.05) is 13.7 Å². The van der Waals surface area contributed by atoms with E-state index in [1.165, 1.54) is 37.7 Å². The number of fused-ring (bicyclic) bond motifs is 1. The molecule has 174 valence electrons. The van der Waals surface area contributed by atoms with E-state index in [4.69, 9.17) is 14.2 Å². The van der Waals surface area contributed by atoms with Crippen molar-refractivity contribution in [3.63, 3.8) is 0 Å². The number of carbonyl (C=O) groups is 2. The van der Waals surface area contributed by atoms with Gasteiger partial charge in [0, 0.05) is 6.42 Å². The van der Waals surface area contributed by atoms with Crippen LogP contribution in [0, 0.1) is 5.92 Å². The van der Waals surface area contributed by atoms with E-state index in [9.17, 15) is 9.59 Å². The molecule has 1 aromatic carbocycles. The van der Waals surface area contributed by atoms with E-state index in [0.717, 1.165) is 29.2 Å². The fourth-order valence-electron chi connectivity index (χ4n) is 3.71. The van der Waals surface area contributed by atoms with Crippen LogP contribution in [0.4, 0.5) is 4.79 Å². The molecule has 1 aliphatic rings. The van der Waals surface area contributed by atoms with Crippen LogP contribution in [0.3, 0.4) is 0 Å². The smallest absolute Gasteiger partial charge is 0.411 e. The van der Waals surface area contributed by atoms with E-state index in [-0.39, 0.29) is 6.54 Å². The van der Waals surface area contributed by atoms with Crippen molar-refractivity contribution in [2.24, 2.45) is 5.92 Å². The second-order valence-corrected chi connectivity index (χ2v) is 9.73. The van der Waals surface area contributed by atoms with E-state index >= 15 is 0 Å². The molecule has 0 unspecified atom stereocenters. The second-order valence-electron chi connectivity index (χ2n) is 9.73. The van der Waals surface area contributed by atoms with Crippen LogP contribution in [0.1, 0.15) is 77.8 Å². The normalized spacial score (nSPS) is 16.1. The maximum absolute atomic E-state index is 12.7. The lowest BCUT2D eigenvalue weighted by Crippen LogP contribution is -2.50. The van der Waals surface area contributed by atoms with Gasteiger partial charge < -0.3 is 14.2 Å². The Labute approximate surface area is 187 Å². The van der Waals surface area contributed by atoms with Gasteiger partial charge in [-0.05, 0) is 56.4 Å². The molecule has 0 saturated carbocycles. The molecular formula is C25H39NO5. The van der Waals surface area contributed by atoms with E-state index in [1.54, 1.807) is 0 Å². The van der Waals surface area contributed by atoms with Crippen LogP contribution in [0.2, 0.25) is 0 Å². The highest BCUT2D eigenvalue weighted by atomic mass is 16.6. The average molecular weight is 434 g/mol. The Kier molecular flexibility index (Phi) is 9.20. The fourth-order valence-corrected chi connectivity index (χ4v) is 3.71. The number of esters is 1. The van der Waals surface area contributed by atoms with E-state index in [0.29, 0.717) is 13.0 Å². The molecule has 1 atom stereocenters. The summed E-state index contributed by atoms with van der Waals surface area (Å²) in [6.07, 6.45) is 5.89. The number of amides is 1. The molecule has 1 amide bonds. The Bertz CT molecular complexity index is 738. The van der Waals surface area contributed by atoms with E-state index in [1.807, 2.05) is 39.0 Å². The molecule has 1 aliphatic heterocycles. The van der Waals surface area contributed by atoms with Crippen LogP contribution in [0.5, 0.6) is 5.75 Å². The largest absolute Gasteiger partial charge is 0.494 e. The number of ether oxygens (including phenoxy) is 3. The van der Waals surface area contributed by atoms with Crippen LogP contribution < -0.4 is 4.74 Å². The maximum atomic E-state index is 12.7. The first-order chi connectivity index (χ1) is 14.6. The zero-order chi connectivity index (χ0) is 23.0. The van der Waals surface area contributed by atoms with E-state index < -0.39 is 23.7 Å². The number of nitrogens with zero attached hydrogens (tertiary/aromatic N) is 1. The van der Waals surface area contributed by atoms with Crippen LogP contribution in [0.15, 0.2) is 18.2 Å². The molecule has 0 aromatic heterocycles. The first-order valence-electron chi connectivity index (χ1n) is 11.4. The third kappa shape index (κ3) is 8.08. The number of rotatable bonds is 9. The Morgan fingerprint density at radius 3 is 2.45 bits per heavy atom. The van der Waals surface area contributed by atoms with Gasteiger partial charge in [0.25, 0.3) is 0 Å². The first kappa shape index (κ1) is 25.0. The van der Waals surface area contributed by atoms with Crippen molar-refractivity contribution in [1.29, 1.82) is 0 Å². The monoisotopic (exact) mass is 433 g/mol. The minimum absolute atomic E-state index is 0.288. The molecule has 0 fully saturated rings. The highest BCUT2D eigenvalue weighted by Gasteiger charge is 2.37. The molecule has 2 rings (SSSR count). The number of hydrogen-bond donors (Lipinski definition) is 0. The maximum Gasteiger partial charge on any atom is 0.411 e. The summed E-state index contributed by atoms with van der Waals surface area (Å²) in [5.74, 6) is 1.13. The molecule has 0 N–H and O–H groups in total. The lowest BCUT2D eigenvalue weighted by molar-refractivity contribution is -0.147. The summed E-state index contributed by atoms with van der Waals surface area (Å²) in [7, 11) is 1.34. The Balaban J connectivity index is 1.99. The quantitative estimate of drug-likeness (QED) is 0.380. The second kappa shape index (κ2) is 11.4. The van der Waals surface area contributed by atoms with E-state index in [2.05, 4.69) is 13.8 Å². The summed E-state index contributed by atoms with van der Waals surface area (Å²) in [6.45, 7) is 10.9. The zero-order valence-corrected chi connectivity index (χ0v) is 20.0. The van der Waals surface area contributed by atoms with Gasteiger partial charge in [0.15, 0.2) is 0 Å². The van der Waals surface area contributed by atoms with Gasteiger partial charge >= 0.3 is 12.1 Å². The SMILES string of the molecule is COC(=O)[C@@H]1Cc2ccc(OCCCCCCC(C)C)cc2CN1C(=O)OC(C)(C)C.